The zero-order valence-electron chi connectivity index (χ0n) is 11.5. The minimum absolute atomic E-state index is 0.217. The lowest BCUT2D eigenvalue weighted by molar-refractivity contribution is 0.0954. The molecule has 1 amide bonds. The zero-order chi connectivity index (χ0) is 14.5. The van der Waals surface area contributed by atoms with E-state index >= 15 is 0 Å². The van der Waals surface area contributed by atoms with Gasteiger partial charge in [0, 0.05) is 10.9 Å². The van der Waals surface area contributed by atoms with E-state index < -0.39 is 0 Å². The molecular weight excluding hydrogens is 268 g/mol. The first-order valence-corrected chi connectivity index (χ1v) is 7.27. The van der Waals surface area contributed by atoms with Crippen LogP contribution < -0.4 is 5.32 Å². The van der Waals surface area contributed by atoms with E-state index in [1.165, 1.54) is 16.9 Å². The summed E-state index contributed by atoms with van der Waals surface area (Å²) in [6, 6.07) is 8.27. The van der Waals surface area contributed by atoms with Crippen LogP contribution >= 0.6 is 11.3 Å². The van der Waals surface area contributed by atoms with Gasteiger partial charge in [0.25, 0.3) is 5.91 Å². The lowest BCUT2D eigenvalue weighted by Crippen LogP contribution is -2.23. The molecule has 2 rings (SSSR count). The van der Waals surface area contributed by atoms with Crippen LogP contribution in [-0.2, 0) is 0 Å². The van der Waals surface area contributed by atoms with Gasteiger partial charge in [0.05, 0.1) is 6.54 Å². The molecule has 2 aromatic rings. The van der Waals surface area contributed by atoms with E-state index in [0.717, 1.165) is 10.6 Å². The van der Waals surface area contributed by atoms with Crippen LogP contribution in [0.25, 0.3) is 10.6 Å². The van der Waals surface area contributed by atoms with Crippen molar-refractivity contribution in [1.29, 1.82) is 0 Å². The zero-order valence-corrected chi connectivity index (χ0v) is 12.3. The van der Waals surface area contributed by atoms with Crippen LogP contribution in [0.1, 0.15) is 35.8 Å². The average molecular weight is 284 g/mol. The monoisotopic (exact) mass is 284 g/mol. The van der Waals surface area contributed by atoms with Crippen molar-refractivity contribution in [2.45, 2.75) is 19.8 Å². The van der Waals surface area contributed by atoms with Crippen LogP contribution in [0.3, 0.4) is 0 Å². The maximum absolute atomic E-state index is 11.7. The second-order valence-electron chi connectivity index (χ2n) is 4.70. The van der Waals surface area contributed by atoms with Crippen molar-refractivity contribution >= 4 is 17.2 Å². The van der Waals surface area contributed by atoms with Crippen molar-refractivity contribution in [2.24, 2.45) is 0 Å². The lowest BCUT2D eigenvalue weighted by atomic mass is 10.0. The third-order valence-corrected chi connectivity index (χ3v) is 3.80. The van der Waals surface area contributed by atoms with E-state index in [1.807, 2.05) is 12.1 Å². The Morgan fingerprint density at radius 3 is 2.70 bits per heavy atom. The van der Waals surface area contributed by atoms with Gasteiger partial charge in [-0.15, -0.1) is 17.8 Å². The van der Waals surface area contributed by atoms with E-state index in [4.69, 9.17) is 6.42 Å². The Hall–Kier alpha value is -2.12. The first-order chi connectivity index (χ1) is 9.61. The highest BCUT2D eigenvalue weighted by atomic mass is 32.1. The van der Waals surface area contributed by atoms with Crippen LogP contribution in [0, 0.1) is 12.3 Å². The fourth-order valence-corrected chi connectivity index (χ4v) is 2.55. The number of nitrogens with zero attached hydrogens (tertiary/aromatic N) is 1. The van der Waals surface area contributed by atoms with E-state index in [0.29, 0.717) is 11.6 Å². The van der Waals surface area contributed by atoms with Crippen molar-refractivity contribution in [1.82, 2.24) is 10.3 Å². The molecule has 0 saturated heterocycles. The molecule has 0 radical (unpaired) electrons. The van der Waals surface area contributed by atoms with Crippen LogP contribution in [0.5, 0.6) is 0 Å². The minimum Gasteiger partial charge on any atom is -0.340 e. The van der Waals surface area contributed by atoms with Gasteiger partial charge in [-0.05, 0) is 11.5 Å². The number of carbonyl (C=O) groups excluding carboxylic acids is 1. The summed E-state index contributed by atoms with van der Waals surface area (Å²) < 4.78 is 0. The minimum atomic E-state index is -0.232. The fraction of sp³-hybridized carbons (Fsp3) is 0.250. The summed E-state index contributed by atoms with van der Waals surface area (Å²) >= 11 is 1.46. The van der Waals surface area contributed by atoms with E-state index in [-0.39, 0.29) is 12.5 Å². The molecule has 4 heteroatoms. The fourth-order valence-electron chi connectivity index (χ4n) is 1.74. The van der Waals surface area contributed by atoms with Gasteiger partial charge >= 0.3 is 0 Å². The maximum atomic E-state index is 11.7. The highest BCUT2D eigenvalue weighted by Gasteiger charge is 2.11. The van der Waals surface area contributed by atoms with E-state index in [9.17, 15) is 4.79 Å². The predicted octanol–water partition coefficient (Wildman–Crippen LogP) is 3.30. The van der Waals surface area contributed by atoms with Gasteiger partial charge < -0.3 is 5.32 Å². The molecule has 0 aliphatic rings. The maximum Gasteiger partial charge on any atom is 0.271 e. The van der Waals surface area contributed by atoms with Gasteiger partial charge in [0.15, 0.2) is 0 Å². The van der Waals surface area contributed by atoms with Crippen molar-refractivity contribution in [3.63, 3.8) is 0 Å². The first-order valence-electron chi connectivity index (χ1n) is 6.39. The summed E-state index contributed by atoms with van der Waals surface area (Å²) in [6.07, 6.45) is 5.11. The van der Waals surface area contributed by atoms with Crippen molar-refractivity contribution in [3.8, 4) is 22.9 Å². The second kappa shape index (κ2) is 6.36. The normalized spacial score (nSPS) is 10.3. The Bertz CT molecular complexity index is 635. The molecule has 3 nitrogen and oxygen atoms in total. The molecular formula is C16H16N2OS. The molecule has 0 unspecified atom stereocenters. The molecule has 0 spiro atoms. The highest BCUT2D eigenvalue weighted by molar-refractivity contribution is 7.13. The van der Waals surface area contributed by atoms with Crippen molar-refractivity contribution in [3.05, 3.63) is 40.9 Å². The quantitative estimate of drug-likeness (QED) is 0.875. The highest BCUT2D eigenvalue weighted by Crippen LogP contribution is 2.25. The molecule has 0 aliphatic heterocycles. The summed E-state index contributed by atoms with van der Waals surface area (Å²) in [5.41, 5.74) is 2.72. The number of aromatic nitrogens is 1. The molecule has 1 N–H and O–H groups in total. The molecule has 1 aromatic carbocycles. The summed E-state index contributed by atoms with van der Waals surface area (Å²) in [5, 5.41) is 5.19. The van der Waals surface area contributed by atoms with Gasteiger partial charge in [-0.3, -0.25) is 4.79 Å². The van der Waals surface area contributed by atoms with E-state index in [1.54, 1.807) is 5.38 Å². The number of thiazole rings is 1. The number of hydrogen-bond acceptors (Lipinski definition) is 3. The number of carbonyl (C=O) groups is 1. The summed E-state index contributed by atoms with van der Waals surface area (Å²) in [6.45, 7) is 4.54. The van der Waals surface area contributed by atoms with Crippen molar-refractivity contribution < 1.29 is 4.79 Å². The van der Waals surface area contributed by atoms with E-state index in [2.05, 4.69) is 42.2 Å². The summed E-state index contributed by atoms with van der Waals surface area (Å²) in [5.74, 6) is 2.64. The van der Waals surface area contributed by atoms with Gasteiger partial charge in [-0.2, -0.15) is 0 Å². The molecule has 0 saturated carbocycles. The van der Waals surface area contributed by atoms with Crippen LogP contribution in [-0.4, -0.2) is 17.4 Å². The Balaban J connectivity index is 2.16. The Labute approximate surface area is 123 Å². The van der Waals surface area contributed by atoms with Gasteiger partial charge in [0.1, 0.15) is 10.7 Å². The molecule has 1 aromatic heterocycles. The largest absolute Gasteiger partial charge is 0.340 e. The van der Waals surface area contributed by atoms with Crippen LogP contribution in [0.15, 0.2) is 29.6 Å². The Morgan fingerprint density at radius 2 is 2.10 bits per heavy atom. The molecule has 102 valence electrons. The standard InChI is InChI=1S/C16H16N2OS/c1-4-9-17-15(19)14-10-20-16(18-14)13-7-5-12(6-8-13)11(2)3/h1,5-8,10-11H,9H2,2-3H3,(H,17,19). The Kier molecular flexibility index (Phi) is 4.54. The smallest absolute Gasteiger partial charge is 0.271 e. The number of hydrogen-bond donors (Lipinski definition) is 1. The lowest BCUT2D eigenvalue weighted by Gasteiger charge is -2.05. The molecule has 20 heavy (non-hydrogen) atoms. The first kappa shape index (κ1) is 14.3. The average Bonchev–Trinajstić information content (AvgIpc) is 2.94. The Morgan fingerprint density at radius 1 is 1.40 bits per heavy atom. The second-order valence-corrected chi connectivity index (χ2v) is 5.56. The van der Waals surface area contributed by atoms with Crippen molar-refractivity contribution in [2.75, 3.05) is 6.54 Å². The number of benzene rings is 1. The number of amides is 1. The number of terminal acetylenes is 1. The van der Waals surface area contributed by atoms with Crippen LogP contribution in [0.4, 0.5) is 0 Å². The van der Waals surface area contributed by atoms with Gasteiger partial charge in [-0.1, -0.05) is 44.0 Å². The predicted molar refractivity (Wildman–Crippen MR) is 82.8 cm³/mol. The molecule has 0 aliphatic carbocycles. The third kappa shape index (κ3) is 3.25. The summed E-state index contributed by atoms with van der Waals surface area (Å²) in [7, 11) is 0. The number of nitrogens with one attached hydrogen (secondary N) is 1. The molecule has 1 heterocycles. The molecule has 0 fully saturated rings. The van der Waals surface area contributed by atoms with Crippen LogP contribution in [0.2, 0.25) is 0 Å². The molecule has 0 atom stereocenters. The summed E-state index contributed by atoms with van der Waals surface area (Å²) in [4.78, 5) is 16.1. The van der Waals surface area contributed by atoms with Gasteiger partial charge in [0.2, 0.25) is 0 Å². The number of rotatable bonds is 4. The topological polar surface area (TPSA) is 42.0 Å². The molecule has 0 bridgehead atoms. The van der Waals surface area contributed by atoms with Gasteiger partial charge in [-0.25, -0.2) is 4.98 Å². The SMILES string of the molecule is C#CCNC(=O)c1csc(-c2ccc(C(C)C)cc2)n1. The third-order valence-electron chi connectivity index (χ3n) is 2.91.